The lowest BCUT2D eigenvalue weighted by Crippen LogP contribution is -2.53. The monoisotopic (exact) mass is 661 g/mol. The van der Waals surface area contributed by atoms with Gasteiger partial charge in [0, 0.05) is 35.5 Å². The largest absolute Gasteiger partial charge is 0.465 e. The second-order valence-corrected chi connectivity index (χ2v) is 11.6. The van der Waals surface area contributed by atoms with Gasteiger partial charge >= 0.3 is 12.2 Å². The van der Waals surface area contributed by atoms with Crippen molar-refractivity contribution < 1.29 is 29.4 Å². The topological polar surface area (TPSA) is 188 Å². The predicted molar refractivity (Wildman–Crippen MR) is 184 cm³/mol. The van der Waals surface area contributed by atoms with Crippen LogP contribution in [-0.4, -0.2) is 60.6 Å². The molecule has 5 rings (SSSR count). The van der Waals surface area contributed by atoms with Gasteiger partial charge in [-0.2, -0.15) is 0 Å². The molecule has 5 aromatic rings. The maximum Gasteiger partial charge on any atom is 0.411 e. The van der Waals surface area contributed by atoms with Crippen LogP contribution in [0.3, 0.4) is 0 Å². The number of anilines is 2. The van der Waals surface area contributed by atoms with Crippen molar-refractivity contribution in [3.8, 4) is 17.1 Å². The van der Waals surface area contributed by atoms with E-state index in [-0.39, 0.29) is 6.42 Å². The minimum absolute atomic E-state index is 0.236. The zero-order valence-electron chi connectivity index (χ0n) is 26.8. The Kier molecular flexibility index (Phi) is 10.3. The number of carbonyl (C=O) groups excluding carboxylic acids is 2. The predicted octanol–water partition coefficient (Wildman–Crippen LogP) is 5.33. The molecule has 0 aliphatic carbocycles. The molecule has 49 heavy (non-hydrogen) atoms. The third kappa shape index (κ3) is 8.65. The number of nitrogens with zero attached hydrogens (tertiary/aromatic N) is 3. The van der Waals surface area contributed by atoms with Gasteiger partial charge in [-0.25, -0.2) is 9.59 Å². The van der Waals surface area contributed by atoms with Crippen molar-refractivity contribution in [3.05, 3.63) is 126 Å². The summed E-state index contributed by atoms with van der Waals surface area (Å²) in [7, 11) is 0. The number of rotatable bonds is 12. The van der Waals surface area contributed by atoms with Gasteiger partial charge in [-0.1, -0.05) is 60.7 Å². The second kappa shape index (κ2) is 14.9. The van der Waals surface area contributed by atoms with Crippen LogP contribution in [0, 0.1) is 0 Å². The van der Waals surface area contributed by atoms with Crippen molar-refractivity contribution in [1.82, 2.24) is 25.4 Å². The van der Waals surface area contributed by atoms with Crippen LogP contribution in [0.15, 0.2) is 109 Å². The molecule has 0 aliphatic heterocycles. The van der Waals surface area contributed by atoms with E-state index < -0.39 is 35.6 Å². The minimum atomic E-state index is -1.44. The summed E-state index contributed by atoms with van der Waals surface area (Å²) in [6.45, 7) is 3.21. The Labute approximate surface area is 282 Å². The standard InChI is InChI=1S/C36H35N7O6/c1-23(32(44)38-34(46)47)37-27-17-19-29(20-18-27)43-30(21-24-9-5-3-6-10-24)41-42-31(43)26-13-15-28(16-14-26)40-36(2,33(45)39-35(48)49)22-25-11-7-4-8-12-25/h3-20,23,37,40H,21-22H2,1-2H3,(H,38,44)(H,39,45)(H,46,47)(H,48,49)/t23-,36-/m0/s1. The summed E-state index contributed by atoms with van der Waals surface area (Å²) >= 11 is 0. The van der Waals surface area contributed by atoms with Gasteiger partial charge in [0.2, 0.25) is 0 Å². The van der Waals surface area contributed by atoms with Crippen molar-refractivity contribution in [2.45, 2.75) is 38.3 Å². The Morgan fingerprint density at radius 2 is 1.31 bits per heavy atom. The highest BCUT2D eigenvalue weighted by molar-refractivity contribution is 5.98. The highest BCUT2D eigenvalue weighted by atomic mass is 16.4. The molecule has 0 spiro atoms. The van der Waals surface area contributed by atoms with E-state index in [0.29, 0.717) is 29.4 Å². The summed E-state index contributed by atoms with van der Waals surface area (Å²) in [5.74, 6) is -0.126. The molecule has 2 atom stereocenters. The van der Waals surface area contributed by atoms with Crippen LogP contribution in [0.25, 0.3) is 17.1 Å². The molecular weight excluding hydrogens is 626 g/mol. The Morgan fingerprint density at radius 3 is 1.90 bits per heavy atom. The SMILES string of the molecule is C[C@H](Nc1ccc(-n2c(Cc3ccccc3)nnc2-c2ccc(N[C@@](C)(Cc3ccccc3)C(=O)NC(=O)O)cc2)cc1)C(=O)NC(=O)O. The lowest BCUT2D eigenvalue weighted by molar-refractivity contribution is -0.124. The van der Waals surface area contributed by atoms with Crippen LogP contribution in [0.5, 0.6) is 0 Å². The van der Waals surface area contributed by atoms with E-state index in [4.69, 9.17) is 5.11 Å². The van der Waals surface area contributed by atoms with E-state index >= 15 is 0 Å². The zero-order chi connectivity index (χ0) is 35.0. The van der Waals surface area contributed by atoms with Crippen molar-refractivity contribution in [2.75, 3.05) is 10.6 Å². The first kappa shape index (κ1) is 33.9. The van der Waals surface area contributed by atoms with E-state index in [1.165, 1.54) is 0 Å². The Morgan fingerprint density at radius 1 is 0.735 bits per heavy atom. The average molecular weight is 662 g/mol. The van der Waals surface area contributed by atoms with Crippen LogP contribution < -0.4 is 21.3 Å². The van der Waals surface area contributed by atoms with E-state index in [0.717, 1.165) is 22.4 Å². The molecule has 1 aromatic heterocycles. The molecule has 4 aromatic carbocycles. The number of hydrogen-bond acceptors (Lipinski definition) is 8. The summed E-state index contributed by atoms with van der Waals surface area (Å²) in [6, 6.07) is 32.9. The fourth-order valence-corrected chi connectivity index (χ4v) is 5.35. The first-order chi connectivity index (χ1) is 23.5. The number of amides is 4. The Balaban J connectivity index is 1.44. The maximum absolute atomic E-state index is 13.1. The van der Waals surface area contributed by atoms with Gasteiger partial charge < -0.3 is 20.8 Å². The lowest BCUT2D eigenvalue weighted by atomic mass is 9.91. The molecule has 0 unspecified atom stereocenters. The third-order valence-corrected chi connectivity index (χ3v) is 7.75. The fraction of sp³-hybridized carbons (Fsp3) is 0.167. The fourth-order valence-electron chi connectivity index (χ4n) is 5.35. The molecule has 0 saturated heterocycles. The normalized spacial score (nSPS) is 12.6. The zero-order valence-corrected chi connectivity index (χ0v) is 26.8. The summed E-state index contributed by atoms with van der Waals surface area (Å²) in [6.07, 6.45) is -2.13. The molecular formula is C36H35N7O6. The number of nitrogens with one attached hydrogen (secondary N) is 4. The van der Waals surface area contributed by atoms with E-state index in [1.54, 1.807) is 38.1 Å². The molecule has 6 N–H and O–H groups in total. The second-order valence-electron chi connectivity index (χ2n) is 11.6. The van der Waals surface area contributed by atoms with Gasteiger partial charge in [-0.3, -0.25) is 24.8 Å². The third-order valence-electron chi connectivity index (χ3n) is 7.75. The van der Waals surface area contributed by atoms with Crippen molar-refractivity contribution in [1.29, 1.82) is 0 Å². The van der Waals surface area contributed by atoms with E-state index in [1.807, 2.05) is 100 Å². The van der Waals surface area contributed by atoms with Gasteiger partial charge in [-0.15, -0.1) is 10.2 Å². The van der Waals surface area contributed by atoms with Gasteiger partial charge in [0.05, 0.1) is 0 Å². The lowest BCUT2D eigenvalue weighted by Gasteiger charge is -2.30. The molecule has 0 saturated carbocycles. The molecule has 13 heteroatoms. The van der Waals surface area contributed by atoms with Crippen molar-refractivity contribution in [2.24, 2.45) is 0 Å². The molecule has 0 radical (unpaired) electrons. The first-order valence-electron chi connectivity index (χ1n) is 15.4. The number of aromatic nitrogens is 3. The molecule has 0 aliphatic rings. The van der Waals surface area contributed by atoms with Crippen LogP contribution in [0.1, 0.15) is 30.8 Å². The van der Waals surface area contributed by atoms with E-state index in [2.05, 4.69) is 20.8 Å². The molecule has 4 amide bonds. The van der Waals surface area contributed by atoms with Gasteiger partial charge in [-0.05, 0) is 73.5 Å². The Hall–Kier alpha value is -6.50. The van der Waals surface area contributed by atoms with Crippen LogP contribution in [0.4, 0.5) is 21.0 Å². The number of benzene rings is 4. The Bertz CT molecular complexity index is 1930. The summed E-state index contributed by atoms with van der Waals surface area (Å²) < 4.78 is 1.93. The number of imide groups is 2. The van der Waals surface area contributed by atoms with Crippen molar-refractivity contribution in [3.63, 3.8) is 0 Å². The smallest absolute Gasteiger partial charge is 0.411 e. The van der Waals surface area contributed by atoms with Gasteiger partial charge in [0.25, 0.3) is 11.8 Å². The first-order valence-corrected chi connectivity index (χ1v) is 15.4. The van der Waals surface area contributed by atoms with Crippen LogP contribution in [0.2, 0.25) is 0 Å². The van der Waals surface area contributed by atoms with Gasteiger partial charge in [0.15, 0.2) is 5.82 Å². The molecule has 13 nitrogen and oxygen atoms in total. The van der Waals surface area contributed by atoms with Gasteiger partial charge in [0.1, 0.15) is 17.4 Å². The molecule has 0 fully saturated rings. The quantitative estimate of drug-likeness (QED) is 0.102. The highest BCUT2D eigenvalue weighted by Crippen LogP contribution is 2.28. The summed E-state index contributed by atoms with van der Waals surface area (Å²) in [5, 5.41) is 37.2. The molecule has 1 heterocycles. The molecule has 250 valence electrons. The minimum Gasteiger partial charge on any atom is -0.465 e. The van der Waals surface area contributed by atoms with Crippen molar-refractivity contribution >= 4 is 35.4 Å². The van der Waals surface area contributed by atoms with Crippen LogP contribution in [-0.2, 0) is 22.4 Å². The number of carbonyl (C=O) groups is 4. The number of carboxylic acid groups (broad SMARTS) is 2. The molecule has 0 bridgehead atoms. The highest BCUT2D eigenvalue weighted by Gasteiger charge is 2.34. The average Bonchev–Trinajstić information content (AvgIpc) is 3.49. The maximum atomic E-state index is 13.1. The summed E-state index contributed by atoms with van der Waals surface area (Å²) in [5.41, 5.74) is 3.29. The number of hydrogen-bond donors (Lipinski definition) is 6. The van der Waals surface area contributed by atoms with E-state index in [9.17, 15) is 24.3 Å². The summed E-state index contributed by atoms with van der Waals surface area (Å²) in [4.78, 5) is 47.3. The van der Waals surface area contributed by atoms with Crippen LogP contribution >= 0.6 is 0 Å².